The van der Waals surface area contributed by atoms with Crippen molar-refractivity contribution in [2.24, 2.45) is 0 Å². The van der Waals surface area contributed by atoms with Gasteiger partial charge in [0.2, 0.25) is 0 Å². The number of aromatic nitrogens is 1. The highest BCUT2D eigenvalue weighted by Gasteiger charge is 2.32. The lowest BCUT2D eigenvalue weighted by Crippen LogP contribution is -2.12. The maximum Gasteiger partial charge on any atom is 0.431 e. The van der Waals surface area contributed by atoms with Crippen LogP contribution in [-0.4, -0.2) is 20.0 Å². The Hall–Kier alpha value is -2.68. The molecule has 0 saturated heterocycles. The zero-order valence-corrected chi connectivity index (χ0v) is 14.4. The Morgan fingerprint density at radius 3 is 2.38 bits per heavy atom. The second-order valence-corrected chi connectivity index (χ2v) is 7.18. The molecule has 1 heterocycles. The van der Waals surface area contributed by atoms with Crippen LogP contribution < -0.4 is 9.46 Å². The molecule has 5 nitrogen and oxygen atoms in total. The summed E-state index contributed by atoms with van der Waals surface area (Å²) in [5, 5.41) is 0.254. The third-order valence-corrected chi connectivity index (χ3v) is 5.02. The normalized spacial score (nSPS) is 12.3. The van der Waals surface area contributed by atoms with E-state index < -0.39 is 21.9 Å². The van der Waals surface area contributed by atoms with Crippen LogP contribution in [0.2, 0.25) is 0 Å². The average Bonchev–Trinajstić information content (AvgIpc) is 2.99. The Morgan fingerprint density at radius 2 is 1.77 bits per heavy atom. The number of benzene rings is 2. The molecule has 0 aliphatic heterocycles. The number of anilines is 1. The molecular formula is C17H15F3N2O3S. The van der Waals surface area contributed by atoms with Crippen molar-refractivity contribution in [2.45, 2.75) is 18.0 Å². The molecule has 3 aromatic rings. The average molecular weight is 384 g/mol. The van der Waals surface area contributed by atoms with Crippen molar-refractivity contribution >= 4 is 26.6 Å². The predicted octanol–water partition coefficient (Wildman–Crippen LogP) is 4.39. The standard InChI is InChI=1S/C17H15F3N2O3S/c1-2-25-13-4-6-14(7-5-13)26(23,24)22-12-3-8-15-11(9-12)10-16(21-15)17(18,19)20/h3-10,21-22H,2H2,1H3. The summed E-state index contributed by atoms with van der Waals surface area (Å²) in [5.41, 5.74) is -0.459. The summed E-state index contributed by atoms with van der Waals surface area (Å²) in [6.07, 6.45) is -4.50. The van der Waals surface area contributed by atoms with Crippen LogP contribution in [-0.2, 0) is 16.2 Å². The van der Waals surface area contributed by atoms with Crippen molar-refractivity contribution < 1.29 is 26.3 Å². The minimum Gasteiger partial charge on any atom is -0.494 e. The van der Waals surface area contributed by atoms with Gasteiger partial charge in [0.25, 0.3) is 10.0 Å². The minimum absolute atomic E-state index is 0.0195. The van der Waals surface area contributed by atoms with Gasteiger partial charge in [-0.1, -0.05) is 0 Å². The van der Waals surface area contributed by atoms with Crippen LogP contribution in [0.15, 0.2) is 53.4 Å². The first-order valence-electron chi connectivity index (χ1n) is 7.65. The van der Waals surface area contributed by atoms with Crippen LogP contribution in [0.5, 0.6) is 5.75 Å². The molecule has 2 N–H and O–H groups in total. The van der Waals surface area contributed by atoms with Gasteiger partial charge < -0.3 is 9.72 Å². The van der Waals surface area contributed by atoms with E-state index in [1.54, 1.807) is 0 Å². The van der Waals surface area contributed by atoms with Crippen molar-refractivity contribution in [1.82, 2.24) is 4.98 Å². The first-order valence-corrected chi connectivity index (χ1v) is 9.13. The quantitative estimate of drug-likeness (QED) is 0.686. The molecule has 0 fully saturated rings. The molecule has 9 heteroatoms. The van der Waals surface area contributed by atoms with E-state index in [0.29, 0.717) is 12.4 Å². The molecule has 0 aliphatic carbocycles. The van der Waals surface area contributed by atoms with Gasteiger partial charge in [-0.3, -0.25) is 4.72 Å². The number of alkyl halides is 3. The number of H-pyrrole nitrogens is 1. The van der Waals surface area contributed by atoms with Gasteiger partial charge >= 0.3 is 6.18 Å². The van der Waals surface area contributed by atoms with Gasteiger partial charge in [0.15, 0.2) is 0 Å². The third kappa shape index (κ3) is 3.77. The number of ether oxygens (including phenoxy) is 1. The van der Waals surface area contributed by atoms with Crippen molar-refractivity contribution in [3.8, 4) is 5.75 Å². The summed E-state index contributed by atoms with van der Waals surface area (Å²) in [7, 11) is -3.87. The first-order chi connectivity index (χ1) is 12.2. The number of aromatic amines is 1. The molecule has 0 radical (unpaired) electrons. The van der Waals surface area contributed by atoms with Crippen LogP contribution in [0, 0.1) is 0 Å². The van der Waals surface area contributed by atoms with Crippen LogP contribution in [0.4, 0.5) is 18.9 Å². The van der Waals surface area contributed by atoms with Crippen molar-refractivity contribution in [3.05, 3.63) is 54.2 Å². The molecule has 0 amide bonds. The van der Waals surface area contributed by atoms with Gasteiger partial charge in [0.05, 0.1) is 11.5 Å². The zero-order chi connectivity index (χ0) is 18.9. The smallest absolute Gasteiger partial charge is 0.431 e. The minimum atomic E-state index is -4.50. The molecule has 26 heavy (non-hydrogen) atoms. The predicted molar refractivity (Wildman–Crippen MR) is 91.7 cm³/mol. The van der Waals surface area contributed by atoms with Gasteiger partial charge in [-0.15, -0.1) is 0 Å². The topological polar surface area (TPSA) is 71.2 Å². The molecule has 2 aromatic carbocycles. The largest absolute Gasteiger partial charge is 0.494 e. The Morgan fingerprint density at radius 1 is 1.08 bits per heavy atom. The maximum absolute atomic E-state index is 12.8. The van der Waals surface area contributed by atoms with Crippen molar-refractivity contribution in [1.29, 1.82) is 0 Å². The number of rotatable bonds is 5. The molecule has 1 aromatic heterocycles. The monoisotopic (exact) mass is 384 g/mol. The summed E-state index contributed by atoms with van der Waals surface area (Å²) >= 11 is 0. The summed E-state index contributed by atoms with van der Waals surface area (Å²) in [6, 6.07) is 10.9. The van der Waals surface area contributed by atoms with E-state index in [1.807, 2.05) is 6.92 Å². The second kappa shape index (κ2) is 6.56. The van der Waals surface area contributed by atoms with Gasteiger partial charge in [-0.05, 0) is 55.5 Å². The molecule has 0 saturated carbocycles. The molecule has 0 unspecified atom stereocenters. The molecule has 3 rings (SSSR count). The number of hydrogen-bond acceptors (Lipinski definition) is 3. The fourth-order valence-electron chi connectivity index (χ4n) is 2.44. The van der Waals surface area contributed by atoms with Crippen molar-refractivity contribution in [3.63, 3.8) is 0 Å². The van der Waals surface area contributed by atoms with E-state index in [9.17, 15) is 21.6 Å². The van der Waals surface area contributed by atoms with Gasteiger partial charge in [-0.2, -0.15) is 13.2 Å². The molecule has 0 aliphatic rings. The molecule has 138 valence electrons. The van der Waals surface area contributed by atoms with Gasteiger partial charge in [0, 0.05) is 16.6 Å². The summed E-state index contributed by atoms with van der Waals surface area (Å²) < 4.78 is 70.7. The molecular weight excluding hydrogens is 369 g/mol. The first kappa shape index (κ1) is 18.1. The van der Waals surface area contributed by atoms with E-state index in [4.69, 9.17) is 4.74 Å². The molecule has 0 atom stereocenters. The highest BCUT2D eigenvalue weighted by molar-refractivity contribution is 7.92. The molecule has 0 spiro atoms. The SMILES string of the molecule is CCOc1ccc(S(=O)(=O)Nc2ccc3[nH]c(C(F)(F)F)cc3c2)cc1. The Kier molecular flexibility index (Phi) is 4.57. The number of halogens is 3. The van der Waals surface area contributed by atoms with E-state index >= 15 is 0 Å². The highest BCUT2D eigenvalue weighted by Crippen LogP contribution is 2.32. The highest BCUT2D eigenvalue weighted by atomic mass is 32.2. The molecule has 0 bridgehead atoms. The number of fused-ring (bicyclic) bond motifs is 1. The lowest BCUT2D eigenvalue weighted by Gasteiger charge is -2.09. The summed E-state index contributed by atoms with van der Waals surface area (Å²) in [6.45, 7) is 2.27. The van der Waals surface area contributed by atoms with Gasteiger partial charge in [0.1, 0.15) is 11.4 Å². The maximum atomic E-state index is 12.8. The lowest BCUT2D eigenvalue weighted by molar-refractivity contribution is -0.140. The van der Waals surface area contributed by atoms with Crippen LogP contribution in [0.25, 0.3) is 10.9 Å². The number of nitrogens with one attached hydrogen (secondary N) is 2. The number of hydrogen-bond donors (Lipinski definition) is 2. The lowest BCUT2D eigenvalue weighted by atomic mass is 10.2. The van der Waals surface area contributed by atoms with E-state index in [2.05, 4.69) is 9.71 Å². The van der Waals surface area contributed by atoms with Crippen LogP contribution >= 0.6 is 0 Å². The fourth-order valence-corrected chi connectivity index (χ4v) is 3.49. The zero-order valence-electron chi connectivity index (χ0n) is 13.6. The van der Waals surface area contributed by atoms with E-state index in [1.165, 1.54) is 42.5 Å². The number of sulfonamides is 1. The van der Waals surface area contributed by atoms with Crippen LogP contribution in [0.1, 0.15) is 12.6 Å². The van der Waals surface area contributed by atoms with Crippen LogP contribution in [0.3, 0.4) is 0 Å². The van der Waals surface area contributed by atoms with E-state index in [0.717, 1.165) is 6.07 Å². The fraction of sp³-hybridized carbons (Fsp3) is 0.176. The third-order valence-electron chi connectivity index (χ3n) is 3.62. The Labute approximate surface area is 147 Å². The van der Waals surface area contributed by atoms with Gasteiger partial charge in [-0.25, -0.2) is 8.42 Å². The Bertz CT molecular complexity index is 1030. The van der Waals surface area contributed by atoms with E-state index in [-0.39, 0.29) is 21.5 Å². The summed E-state index contributed by atoms with van der Waals surface area (Å²) in [4.78, 5) is 2.28. The summed E-state index contributed by atoms with van der Waals surface area (Å²) in [5.74, 6) is 0.542. The van der Waals surface area contributed by atoms with Crippen molar-refractivity contribution in [2.75, 3.05) is 11.3 Å². The second-order valence-electron chi connectivity index (χ2n) is 5.49. The Balaban J connectivity index is 1.87.